The van der Waals surface area contributed by atoms with Crippen LogP contribution < -0.4 is 20.1 Å². The summed E-state index contributed by atoms with van der Waals surface area (Å²) in [4.78, 5) is 24.3. The Morgan fingerprint density at radius 1 is 1.19 bits per heavy atom. The highest BCUT2D eigenvalue weighted by atomic mass is 32.2. The molecule has 174 valence electrons. The fourth-order valence-electron chi connectivity index (χ4n) is 2.55. The van der Waals surface area contributed by atoms with E-state index in [1.807, 2.05) is 29.2 Å². The fourth-order valence-corrected chi connectivity index (χ4v) is 4.33. The van der Waals surface area contributed by atoms with Crippen LogP contribution in [-0.4, -0.2) is 53.8 Å². The van der Waals surface area contributed by atoms with Crippen molar-refractivity contribution in [3.05, 3.63) is 52.2 Å². The molecule has 0 unspecified atom stereocenters. The normalized spacial score (nSPS) is 11.3. The molecule has 0 aliphatic carbocycles. The van der Waals surface area contributed by atoms with Gasteiger partial charge in [0.05, 0.1) is 6.61 Å². The zero-order valence-electron chi connectivity index (χ0n) is 17.9. The summed E-state index contributed by atoms with van der Waals surface area (Å²) in [6.45, 7) is 3.11. The van der Waals surface area contributed by atoms with E-state index in [1.54, 1.807) is 12.1 Å². The monoisotopic (exact) mass is 481 g/mol. The SMILES string of the molecule is CCOCCOc1ccc(CCNC(=O)C=Cc2cccs2)cc1S(=O)(=O)NC(=O)NC. The fraction of sp³-hybridized carbons (Fsp3) is 0.333. The van der Waals surface area contributed by atoms with Gasteiger partial charge in [-0.15, -0.1) is 11.3 Å². The van der Waals surface area contributed by atoms with Crippen LogP contribution in [0.25, 0.3) is 6.08 Å². The van der Waals surface area contributed by atoms with Crippen LogP contribution in [0.1, 0.15) is 17.4 Å². The van der Waals surface area contributed by atoms with Crippen molar-refractivity contribution in [3.8, 4) is 5.75 Å². The molecule has 0 atom stereocenters. The van der Waals surface area contributed by atoms with Gasteiger partial charge in [-0.2, -0.15) is 0 Å². The van der Waals surface area contributed by atoms with Gasteiger partial charge in [-0.05, 0) is 48.6 Å². The lowest BCUT2D eigenvalue weighted by molar-refractivity contribution is -0.116. The number of hydrogen-bond acceptors (Lipinski definition) is 7. The Balaban J connectivity index is 2.07. The topological polar surface area (TPSA) is 123 Å². The number of hydrogen-bond donors (Lipinski definition) is 3. The molecule has 0 aliphatic rings. The second kappa shape index (κ2) is 12.8. The third-order valence-corrected chi connectivity index (χ3v) is 6.29. The molecular formula is C21H27N3O6S2. The van der Waals surface area contributed by atoms with Crippen LogP contribution in [0, 0.1) is 0 Å². The van der Waals surface area contributed by atoms with Crippen LogP contribution in [0.5, 0.6) is 5.75 Å². The minimum atomic E-state index is -4.17. The molecule has 1 aromatic carbocycles. The number of ether oxygens (including phenoxy) is 2. The van der Waals surface area contributed by atoms with Gasteiger partial charge in [-0.1, -0.05) is 12.1 Å². The number of urea groups is 1. The molecule has 0 saturated heterocycles. The molecule has 0 aliphatic heterocycles. The molecule has 9 nitrogen and oxygen atoms in total. The number of benzene rings is 1. The molecule has 32 heavy (non-hydrogen) atoms. The Bertz CT molecular complexity index is 1020. The highest BCUT2D eigenvalue weighted by Gasteiger charge is 2.22. The Morgan fingerprint density at radius 3 is 2.69 bits per heavy atom. The number of carbonyl (C=O) groups is 2. The standard InChI is InChI=1S/C21H27N3O6S2/c1-3-29-12-13-30-18-8-6-16(15-19(18)32(27,28)24-21(26)22-2)10-11-23-20(25)9-7-17-5-4-14-31-17/h4-9,14-15H,3,10-13H2,1-2H3,(H,23,25)(H2,22,24,26). The number of sulfonamides is 1. The van der Waals surface area contributed by atoms with Gasteiger partial charge in [0.2, 0.25) is 5.91 Å². The number of amides is 3. The number of nitrogens with one attached hydrogen (secondary N) is 3. The number of rotatable bonds is 12. The van der Waals surface area contributed by atoms with Crippen molar-refractivity contribution < 1.29 is 27.5 Å². The van der Waals surface area contributed by atoms with Crippen LogP contribution in [0.3, 0.4) is 0 Å². The third-order valence-electron chi connectivity index (χ3n) is 4.10. The van der Waals surface area contributed by atoms with Crippen LogP contribution in [-0.2, 0) is 26.0 Å². The maximum Gasteiger partial charge on any atom is 0.328 e. The predicted molar refractivity (Wildman–Crippen MR) is 123 cm³/mol. The summed E-state index contributed by atoms with van der Waals surface area (Å²) in [7, 11) is -2.85. The Labute approximate surface area is 191 Å². The lowest BCUT2D eigenvalue weighted by atomic mass is 10.1. The van der Waals surface area contributed by atoms with Crippen molar-refractivity contribution in [2.24, 2.45) is 0 Å². The van der Waals surface area contributed by atoms with Gasteiger partial charge in [0.25, 0.3) is 10.0 Å². The van der Waals surface area contributed by atoms with Crippen molar-refractivity contribution in [1.29, 1.82) is 0 Å². The smallest absolute Gasteiger partial charge is 0.328 e. The zero-order chi connectivity index (χ0) is 23.4. The average Bonchev–Trinajstić information content (AvgIpc) is 3.29. The molecule has 3 N–H and O–H groups in total. The van der Waals surface area contributed by atoms with Gasteiger partial charge < -0.3 is 20.1 Å². The Morgan fingerprint density at radius 2 is 2.00 bits per heavy atom. The highest BCUT2D eigenvalue weighted by Crippen LogP contribution is 2.25. The molecule has 3 amide bonds. The quantitative estimate of drug-likeness (QED) is 0.315. The summed E-state index contributed by atoms with van der Waals surface area (Å²) in [6, 6.07) is 7.61. The summed E-state index contributed by atoms with van der Waals surface area (Å²) >= 11 is 1.53. The van der Waals surface area contributed by atoms with E-state index in [9.17, 15) is 18.0 Å². The third kappa shape index (κ3) is 8.33. The van der Waals surface area contributed by atoms with Gasteiger partial charge in [-0.25, -0.2) is 17.9 Å². The maximum atomic E-state index is 12.7. The minimum Gasteiger partial charge on any atom is -0.490 e. The Hall–Kier alpha value is -2.89. The van der Waals surface area contributed by atoms with Crippen molar-refractivity contribution in [2.45, 2.75) is 18.2 Å². The van der Waals surface area contributed by atoms with Crippen LogP contribution in [0.15, 0.2) is 46.7 Å². The molecule has 1 heterocycles. The van der Waals surface area contributed by atoms with Crippen LogP contribution in [0.4, 0.5) is 4.79 Å². The molecule has 11 heteroatoms. The lowest BCUT2D eigenvalue weighted by Crippen LogP contribution is -2.37. The first-order valence-electron chi connectivity index (χ1n) is 9.93. The van der Waals surface area contributed by atoms with Crippen molar-refractivity contribution in [1.82, 2.24) is 15.4 Å². The number of thiophene rings is 1. The van der Waals surface area contributed by atoms with Crippen LogP contribution >= 0.6 is 11.3 Å². The van der Waals surface area contributed by atoms with Gasteiger partial charge in [-0.3, -0.25) is 4.79 Å². The summed E-state index contributed by atoms with van der Waals surface area (Å²) in [5, 5.41) is 6.89. The lowest BCUT2D eigenvalue weighted by Gasteiger charge is -2.14. The summed E-state index contributed by atoms with van der Waals surface area (Å²) in [5.41, 5.74) is 0.655. The first kappa shape index (κ1) is 25.4. The van der Waals surface area contributed by atoms with E-state index in [1.165, 1.54) is 36.6 Å². The largest absolute Gasteiger partial charge is 0.490 e. The van der Waals surface area contributed by atoms with E-state index in [-0.39, 0.29) is 23.2 Å². The summed E-state index contributed by atoms with van der Waals surface area (Å²) in [6.07, 6.45) is 3.56. The van der Waals surface area contributed by atoms with E-state index >= 15 is 0 Å². The first-order valence-corrected chi connectivity index (χ1v) is 12.3. The van der Waals surface area contributed by atoms with Crippen molar-refractivity contribution in [2.75, 3.05) is 33.4 Å². The minimum absolute atomic E-state index is 0.104. The molecule has 2 rings (SSSR count). The van der Waals surface area contributed by atoms with Gasteiger partial charge in [0.1, 0.15) is 17.3 Å². The second-order valence-electron chi connectivity index (χ2n) is 6.40. The zero-order valence-corrected chi connectivity index (χ0v) is 19.6. The van der Waals surface area contributed by atoms with Gasteiger partial charge in [0, 0.05) is 31.2 Å². The molecule has 0 radical (unpaired) electrons. The molecular weight excluding hydrogens is 454 g/mol. The van der Waals surface area contributed by atoms with E-state index < -0.39 is 16.1 Å². The molecule has 2 aromatic rings. The maximum absolute atomic E-state index is 12.7. The summed E-state index contributed by atoms with van der Waals surface area (Å²) < 4.78 is 38.1. The van der Waals surface area contributed by atoms with E-state index in [0.29, 0.717) is 31.7 Å². The highest BCUT2D eigenvalue weighted by molar-refractivity contribution is 7.90. The molecule has 0 bridgehead atoms. The van der Waals surface area contributed by atoms with E-state index in [0.717, 1.165) is 4.88 Å². The van der Waals surface area contributed by atoms with E-state index in [4.69, 9.17) is 9.47 Å². The van der Waals surface area contributed by atoms with Crippen LogP contribution in [0.2, 0.25) is 0 Å². The molecule has 1 aromatic heterocycles. The van der Waals surface area contributed by atoms with Crippen molar-refractivity contribution >= 4 is 39.4 Å². The second-order valence-corrected chi connectivity index (χ2v) is 9.03. The molecule has 0 spiro atoms. The van der Waals surface area contributed by atoms with Gasteiger partial charge in [0.15, 0.2) is 0 Å². The predicted octanol–water partition coefficient (Wildman–Crippen LogP) is 2.15. The molecule has 0 saturated carbocycles. The van der Waals surface area contributed by atoms with E-state index in [2.05, 4.69) is 10.6 Å². The van der Waals surface area contributed by atoms with Gasteiger partial charge >= 0.3 is 6.03 Å². The summed E-state index contributed by atoms with van der Waals surface area (Å²) in [5.74, 6) is -0.142. The first-order chi connectivity index (χ1) is 15.4. The Kier molecular flexibility index (Phi) is 10.2. The van der Waals surface area contributed by atoms with Crippen molar-refractivity contribution in [3.63, 3.8) is 0 Å². The average molecular weight is 482 g/mol. The number of carbonyl (C=O) groups excluding carboxylic acids is 2. The molecule has 0 fully saturated rings.